The average molecular weight is 475 g/mol. The van der Waals surface area contributed by atoms with Gasteiger partial charge in [0.15, 0.2) is 11.8 Å². The van der Waals surface area contributed by atoms with Gasteiger partial charge < -0.3 is 15.2 Å². The highest BCUT2D eigenvalue weighted by Crippen LogP contribution is 2.10. The molecule has 0 atom stereocenters. The van der Waals surface area contributed by atoms with Gasteiger partial charge in [0.2, 0.25) is 5.89 Å². The van der Waals surface area contributed by atoms with Crippen LogP contribution in [0.15, 0.2) is 33.8 Å². The van der Waals surface area contributed by atoms with Crippen molar-refractivity contribution < 1.29 is 8.91 Å². The summed E-state index contributed by atoms with van der Waals surface area (Å²) in [6.07, 6.45) is 2.18. The van der Waals surface area contributed by atoms with Crippen molar-refractivity contribution in [2.75, 3.05) is 20.1 Å². The van der Waals surface area contributed by atoms with Gasteiger partial charge in [0.1, 0.15) is 5.82 Å². The fraction of sp³-hybridized carbons (Fsp3) is 0.500. The first-order valence-corrected chi connectivity index (χ1v) is 8.60. The molecule has 0 fully saturated rings. The minimum atomic E-state index is -0.174. The van der Waals surface area contributed by atoms with Crippen LogP contribution >= 0.6 is 24.0 Å². The summed E-state index contributed by atoms with van der Waals surface area (Å²) in [6.45, 7) is 5.42. The van der Waals surface area contributed by atoms with E-state index in [1.165, 1.54) is 6.07 Å². The van der Waals surface area contributed by atoms with E-state index in [1.54, 1.807) is 19.2 Å². The highest BCUT2D eigenvalue weighted by molar-refractivity contribution is 14.0. The first-order chi connectivity index (χ1) is 12.1. The second-order valence-corrected chi connectivity index (χ2v) is 6.07. The van der Waals surface area contributed by atoms with E-state index in [4.69, 9.17) is 4.52 Å². The van der Waals surface area contributed by atoms with Crippen LogP contribution in [-0.4, -0.2) is 36.2 Å². The fourth-order valence-electron chi connectivity index (χ4n) is 2.29. The third kappa shape index (κ3) is 7.27. The van der Waals surface area contributed by atoms with Crippen LogP contribution in [0.5, 0.6) is 0 Å². The molecule has 0 spiro atoms. The molecular formula is C18H27FIN5O. The summed E-state index contributed by atoms with van der Waals surface area (Å²) < 4.78 is 18.8. The van der Waals surface area contributed by atoms with Crippen LogP contribution in [0, 0.1) is 5.82 Å². The number of hydrogen-bond donors (Lipinski definition) is 2. The largest absolute Gasteiger partial charge is 0.356 e. The molecule has 26 heavy (non-hydrogen) atoms. The zero-order chi connectivity index (χ0) is 18.1. The maximum absolute atomic E-state index is 13.6. The molecular weight excluding hydrogens is 448 g/mol. The Morgan fingerprint density at radius 3 is 2.58 bits per heavy atom. The van der Waals surface area contributed by atoms with E-state index < -0.39 is 0 Å². The van der Waals surface area contributed by atoms with E-state index in [0.717, 1.165) is 25.2 Å². The molecule has 1 aromatic carbocycles. The summed E-state index contributed by atoms with van der Waals surface area (Å²) in [5.74, 6) is 2.20. The Morgan fingerprint density at radius 2 is 1.92 bits per heavy atom. The van der Waals surface area contributed by atoms with Gasteiger partial charge in [-0.3, -0.25) is 4.99 Å². The Kier molecular flexibility index (Phi) is 10.2. The maximum atomic E-state index is 13.6. The number of halogens is 2. The SMILES string of the molecule is CN=C(NCCCc1nc(C(C)C)no1)NCCc1ccccc1F.I. The van der Waals surface area contributed by atoms with Crippen molar-refractivity contribution in [2.45, 2.75) is 39.0 Å². The van der Waals surface area contributed by atoms with Gasteiger partial charge in [-0.2, -0.15) is 4.98 Å². The lowest BCUT2D eigenvalue weighted by Gasteiger charge is -2.11. The zero-order valence-electron chi connectivity index (χ0n) is 15.5. The Labute approximate surface area is 171 Å². The number of hydrogen-bond acceptors (Lipinski definition) is 4. The van der Waals surface area contributed by atoms with Crippen LogP contribution < -0.4 is 10.6 Å². The third-order valence-electron chi connectivity index (χ3n) is 3.73. The highest BCUT2D eigenvalue weighted by Gasteiger charge is 2.09. The van der Waals surface area contributed by atoms with E-state index in [1.807, 2.05) is 19.9 Å². The van der Waals surface area contributed by atoms with Crippen molar-refractivity contribution in [2.24, 2.45) is 4.99 Å². The van der Waals surface area contributed by atoms with Gasteiger partial charge in [0.25, 0.3) is 0 Å². The topological polar surface area (TPSA) is 75.3 Å². The van der Waals surface area contributed by atoms with Gasteiger partial charge in [-0.1, -0.05) is 37.2 Å². The molecule has 0 amide bonds. The molecule has 0 radical (unpaired) electrons. The summed E-state index contributed by atoms with van der Waals surface area (Å²) in [5.41, 5.74) is 0.697. The molecule has 1 heterocycles. The summed E-state index contributed by atoms with van der Waals surface area (Å²) in [4.78, 5) is 8.51. The smallest absolute Gasteiger partial charge is 0.226 e. The Balaban J connectivity index is 0.00000338. The molecule has 0 aliphatic rings. The lowest BCUT2D eigenvalue weighted by Crippen LogP contribution is -2.38. The third-order valence-corrected chi connectivity index (χ3v) is 3.73. The van der Waals surface area contributed by atoms with Gasteiger partial charge in [0, 0.05) is 32.5 Å². The lowest BCUT2D eigenvalue weighted by atomic mass is 10.1. The quantitative estimate of drug-likeness (QED) is 0.265. The van der Waals surface area contributed by atoms with Crippen molar-refractivity contribution in [3.63, 3.8) is 0 Å². The van der Waals surface area contributed by atoms with Crippen molar-refractivity contribution in [3.8, 4) is 0 Å². The second-order valence-electron chi connectivity index (χ2n) is 6.07. The number of nitrogens with one attached hydrogen (secondary N) is 2. The minimum absolute atomic E-state index is 0. The number of rotatable bonds is 8. The zero-order valence-corrected chi connectivity index (χ0v) is 17.8. The first kappa shape index (κ1) is 22.3. The molecule has 2 rings (SSSR count). The number of aliphatic imine (C=N–C) groups is 1. The second kappa shape index (κ2) is 11.8. The summed E-state index contributed by atoms with van der Waals surface area (Å²) in [6, 6.07) is 6.81. The van der Waals surface area contributed by atoms with Crippen LogP contribution in [0.1, 0.15) is 43.5 Å². The first-order valence-electron chi connectivity index (χ1n) is 8.60. The molecule has 6 nitrogen and oxygen atoms in total. The molecule has 2 N–H and O–H groups in total. The van der Waals surface area contributed by atoms with E-state index in [9.17, 15) is 4.39 Å². The van der Waals surface area contributed by atoms with Crippen LogP contribution in [0.4, 0.5) is 4.39 Å². The van der Waals surface area contributed by atoms with Gasteiger partial charge in [0.05, 0.1) is 0 Å². The fourth-order valence-corrected chi connectivity index (χ4v) is 2.29. The predicted octanol–water partition coefficient (Wildman–Crippen LogP) is 3.29. The van der Waals surface area contributed by atoms with E-state index in [-0.39, 0.29) is 35.7 Å². The Bertz CT molecular complexity index is 690. The summed E-state index contributed by atoms with van der Waals surface area (Å²) in [5, 5.41) is 10.4. The molecule has 0 saturated carbocycles. The van der Waals surface area contributed by atoms with Crippen molar-refractivity contribution in [1.29, 1.82) is 0 Å². The molecule has 0 saturated heterocycles. The summed E-state index contributed by atoms with van der Waals surface area (Å²) >= 11 is 0. The molecule has 2 aromatic rings. The Hall–Kier alpha value is -1.71. The molecule has 0 unspecified atom stereocenters. The van der Waals surface area contributed by atoms with Crippen molar-refractivity contribution >= 4 is 29.9 Å². The molecule has 1 aromatic heterocycles. The number of guanidine groups is 1. The van der Waals surface area contributed by atoms with Crippen molar-refractivity contribution in [1.82, 2.24) is 20.8 Å². The maximum Gasteiger partial charge on any atom is 0.226 e. The van der Waals surface area contributed by atoms with Crippen LogP contribution in [0.2, 0.25) is 0 Å². The van der Waals surface area contributed by atoms with Gasteiger partial charge in [-0.25, -0.2) is 4.39 Å². The Morgan fingerprint density at radius 1 is 1.19 bits per heavy atom. The van der Waals surface area contributed by atoms with E-state index >= 15 is 0 Å². The van der Waals surface area contributed by atoms with Gasteiger partial charge in [-0.05, 0) is 24.5 Å². The molecule has 144 valence electrons. The van der Waals surface area contributed by atoms with Crippen LogP contribution in [0.25, 0.3) is 0 Å². The predicted molar refractivity (Wildman–Crippen MR) is 112 cm³/mol. The van der Waals surface area contributed by atoms with Crippen molar-refractivity contribution in [3.05, 3.63) is 47.4 Å². The normalized spacial score (nSPS) is 11.3. The monoisotopic (exact) mass is 475 g/mol. The van der Waals surface area contributed by atoms with Gasteiger partial charge >= 0.3 is 0 Å². The molecule has 0 aliphatic carbocycles. The number of aromatic nitrogens is 2. The minimum Gasteiger partial charge on any atom is -0.356 e. The molecule has 0 bridgehead atoms. The number of aryl methyl sites for hydroxylation is 1. The molecule has 0 aliphatic heterocycles. The number of nitrogens with zero attached hydrogens (tertiary/aromatic N) is 3. The highest BCUT2D eigenvalue weighted by atomic mass is 127. The lowest BCUT2D eigenvalue weighted by molar-refractivity contribution is 0.368. The molecule has 8 heteroatoms. The van der Waals surface area contributed by atoms with Gasteiger partial charge in [-0.15, -0.1) is 24.0 Å². The number of benzene rings is 1. The van der Waals surface area contributed by atoms with Crippen LogP contribution in [-0.2, 0) is 12.8 Å². The summed E-state index contributed by atoms with van der Waals surface area (Å²) in [7, 11) is 1.71. The average Bonchev–Trinajstić information content (AvgIpc) is 3.08. The van der Waals surface area contributed by atoms with E-state index in [0.29, 0.717) is 30.4 Å². The standard InChI is InChI=1S/C18H26FN5O.HI/c1-13(2)17-23-16(25-24-17)9-6-11-21-18(20-3)22-12-10-14-7-4-5-8-15(14)19;/h4-5,7-8,13H,6,9-12H2,1-3H3,(H2,20,21,22);1H. The van der Waals surface area contributed by atoms with E-state index in [2.05, 4.69) is 25.8 Å². The van der Waals surface area contributed by atoms with Crippen LogP contribution in [0.3, 0.4) is 0 Å².